The molecule has 1 aliphatic rings. The summed E-state index contributed by atoms with van der Waals surface area (Å²) in [4.78, 5) is 24.8. The van der Waals surface area contributed by atoms with Gasteiger partial charge in [0.25, 0.3) is 0 Å². The summed E-state index contributed by atoms with van der Waals surface area (Å²) < 4.78 is 0. The molecule has 1 aromatic carbocycles. The van der Waals surface area contributed by atoms with Gasteiger partial charge in [0.15, 0.2) is 0 Å². The van der Waals surface area contributed by atoms with E-state index in [4.69, 9.17) is 5.11 Å². The monoisotopic (exact) mass is 257 g/mol. The van der Waals surface area contributed by atoms with Gasteiger partial charge in [-0.2, -0.15) is 0 Å². The van der Waals surface area contributed by atoms with E-state index in [1.165, 1.54) is 4.90 Å². The number of nitrogens with zero attached hydrogens (tertiary/aromatic N) is 1. The van der Waals surface area contributed by atoms with Crippen molar-refractivity contribution in [3.05, 3.63) is 35.4 Å². The highest BCUT2D eigenvalue weighted by atomic mass is 16.2. The summed E-state index contributed by atoms with van der Waals surface area (Å²) in [6.45, 7) is 1.87. The first-order valence-electron chi connectivity index (χ1n) is 6.14. The summed E-state index contributed by atoms with van der Waals surface area (Å²) in [6, 6.07) is 7.33. The molecule has 0 bridgehead atoms. The van der Waals surface area contributed by atoms with Crippen LogP contribution in [-0.2, 0) is 16.1 Å². The first kappa shape index (κ1) is 13.3. The van der Waals surface area contributed by atoms with Crippen molar-refractivity contribution < 1.29 is 14.7 Å². The van der Waals surface area contributed by atoms with E-state index in [1.807, 2.05) is 24.3 Å². The third-order valence-electron chi connectivity index (χ3n) is 3.05. The molecular formula is C15H15NO3. The van der Waals surface area contributed by atoms with Crippen LogP contribution in [0.5, 0.6) is 0 Å². The fourth-order valence-electron chi connectivity index (χ4n) is 2.09. The van der Waals surface area contributed by atoms with Crippen molar-refractivity contribution in [2.24, 2.45) is 5.92 Å². The molecule has 1 heterocycles. The molecule has 1 fully saturated rings. The minimum atomic E-state index is -0.218. The molecule has 98 valence electrons. The predicted octanol–water partition coefficient (Wildman–Crippen LogP) is 0.925. The number of hydrogen-bond donors (Lipinski definition) is 1. The number of benzene rings is 1. The Labute approximate surface area is 112 Å². The molecule has 0 spiro atoms. The Kier molecular flexibility index (Phi) is 3.98. The van der Waals surface area contributed by atoms with Crippen LogP contribution in [-0.4, -0.2) is 28.4 Å². The number of amides is 2. The molecule has 1 N–H and O–H groups in total. The van der Waals surface area contributed by atoms with Crippen molar-refractivity contribution in [1.82, 2.24) is 4.90 Å². The van der Waals surface area contributed by atoms with Gasteiger partial charge in [-0.25, -0.2) is 0 Å². The van der Waals surface area contributed by atoms with Gasteiger partial charge in [0.2, 0.25) is 11.8 Å². The summed E-state index contributed by atoms with van der Waals surface area (Å²) in [5, 5.41) is 8.65. The zero-order valence-electron chi connectivity index (χ0n) is 10.7. The van der Waals surface area contributed by atoms with Gasteiger partial charge in [0.05, 0.1) is 6.54 Å². The fourth-order valence-corrected chi connectivity index (χ4v) is 2.09. The van der Waals surface area contributed by atoms with Crippen molar-refractivity contribution in [2.45, 2.75) is 19.9 Å². The maximum Gasteiger partial charge on any atom is 0.232 e. The molecule has 19 heavy (non-hydrogen) atoms. The van der Waals surface area contributed by atoms with Gasteiger partial charge in [-0.05, 0) is 17.7 Å². The number of aliphatic hydroxyl groups is 1. The van der Waals surface area contributed by atoms with E-state index in [0.29, 0.717) is 6.42 Å². The molecule has 0 aromatic heterocycles. The first-order valence-corrected chi connectivity index (χ1v) is 6.14. The van der Waals surface area contributed by atoms with Crippen LogP contribution in [0, 0.1) is 17.8 Å². The van der Waals surface area contributed by atoms with Gasteiger partial charge >= 0.3 is 0 Å². The second-order valence-corrected chi connectivity index (χ2v) is 4.58. The summed E-state index contributed by atoms with van der Waals surface area (Å²) in [5.74, 6) is 4.92. The molecule has 0 radical (unpaired) electrons. The molecule has 2 rings (SSSR count). The quantitative estimate of drug-likeness (QED) is 0.633. The van der Waals surface area contributed by atoms with Gasteiger partial charge in [-0.3, -0.25) is 14.5 Å². The van der Waals surface area contributed by atoms with Crippen molar-refractivity contribution in [1.29, 1.82) is 0 Å². The third-order valence-corrected chi connectivity index (χ3v) is 3.05. The van der Waals surface area contributed by atoms with Gasteiger partial charge in [0, 0.05) is 17.9 Å². The molecule has 1 aromatic rings. The Morgan fingerprint density at radius 3 is 2.84 bits per heavy atom. The molecule has 4 nitrogen and oxygen atoms in total. The lowest BCUT2D eigenvalue weighted by Crippen LogP contribution is -2.29. The average molecular weight is 257 g/mol. The van der Waals surface area contributed by atoms with Gasteiger partial charge in [0.1, 0.15) is 6.61 Å². The minimum Gasteiger partial charge on any atom is -0.384 e. The van der Waals surface area contributed by atoms with Crippen LogP contribution in [0.15, 0.2) is 24.3 Å². The molecule has 1 atom stereocenters. The van der Waals surface area contributed by atoms with E-state index >= 15 is 0 Å². The molecule has 1 unspecified atom stereocenters. The zero-order valence-corrected chi connectivity index (χ0v) is 10.7. The van der Waals surface area contributed by atoms with E-state index in [-0.39, 0.29) is 30.9 Å². The van der Waals surface area contributed by atoms with Crippen LogP contribution in [0.25, 0.3) is 0 Å². The van der Waals surface area contributed by atoms with Crippen LogP contribution in [0.2, 0.25) is 0 Å². The zero-order chi connectivity index (χ0) is 13.8. The van der Waals surface area contributed by atoms with Crippen molar-refractivity contribution in [2.75, 3.05) is 6.61 Å². The van der Waals surface area contributed by atoms with E-state index in [2.05, 4.69) is 11.8 Å². The van der Waals surface area contributed by atoms with Crippen LogP contribution in [0.3, 0.4) is 0 Å². The summed E-state index contributed by atoms with van der Waals surface area (Å²) in [5.41, 5.74) is 1.62. The number of imide groups is 1. The Morgan fingerprint density at radius 2 is 2.21 bits per heavy atom. The Bertz CT molecular complexity index is 568. The van der Waals surface area contributed by atoms with Gasteiger partial charge in [-0.1, -0.05) is 30.9 Å². The third kappa shape index (κ3) is 3.01. The number of likely N-dealkylation sites (tertiary alicyclic amines) is 1. The maximum atomic E-state index is 11.8. The van der Waals surface area contributed by atoms with Crippen molar-refractivity contribution >= 4 is 11.8 Å². The Balaban J connectivity index is 2.15. The molecule has 4 heteroatoms. The number of rotatable bonds is 2. The standard InChI is InChI=1S/C15H15NO3/c1-11-8-14(18)16(15(11)19)10-13-5-2-4-12(9-13)6-3-7-17/h2,4-5,9,11,17H,7-8,10H2,1H3. The molecule has 1 aliphatic heterocycles. The smallest absolute Gasteiger partial charge is 0.232 e. The fraction of sp³-hybridized carbons (Fsp3) is 0.333. The van der Waals surface area contributed by atoms with Crippen LogP contribution in [0.1, 0.15) is 24.5 Å². The van der Waals surface area contributed by atoms with Crippen LogP contribution < -0.4 is 0 Å². The normalized spacial score (nSPS) is 18.4. The highest BCUT2D eigenvalue weighted by Crippen LogP contribution is 2.21. The lowest BCUT2D eigenvalue weighted by molar-refractivity contribution is -0.139. The molecule has 2 amide bonds. The Hall–Kier alpha value is -2.12. The number of carbonyl (C=O) groups excluding carboxylic acids is 2. The lowest BCUT2D eigenvalue weighted by Gasteiger charge is -2.14. The van der Waals surface area contributed by atoms with Gasteiger partial charge in [-0.15, -0.1) is 0 Å². The number of aliphatic hydroxyl groups excluding tert-OH is 1. The topological polar surface area (TPSA) is 57.6 Å². The first-order chi connectivity index (χ1) is 9.11. The summed E-state index contributed by atoms with van der Waals surface area (Å²) >= 11 is 0. The SMILES string of the molecule is CC1CC(=O)N(Cc2cccc(C#CCO)c2)C1=O. The molecule has 0 saturated carbocycles. The van der Waals surface area contributed by atoms with E-state index in [1.54, 1.807) is 6.92 Å². The number of hydrogen-bond acceptors (Lipinski definition) is 3. The van der Waals surface area contributed by atoms with Gasteiger partial charge < -0.3 is 5.11 Å². The van der Waals surface area contributed by atoms with Crippen LogP contribution >= 0.6 is 0 Å². The van der Waals surface area contributed by atoms with Crippen molar-refractivity contribution in [3.63, 3.8) is 0 Å². The average Bonchev–Trinajstić information content (AvgIpc) is 2.64. The van der Waals surface area contributed by atoms with Crippen molar-refractivity contribution in [3.8, 4) is 11.8 Å². The highest BCUT2D eigenvalue weighted by Gasteiger charge is 2.35. The van der Waals surface area contributed by atoms with E-state index < -0.39 is 0 Å². The predicted molar refractivity (Wildman–Crippen MR) is 69.7 cm³/mol. The molecule has 1 saturated heterocycles. The lowest BCUT2D eigenvalue weighted by atomic mass is 10.1. The number of carbonyl (C=O) groups is 2. The molecule has 0 aliphatic carbocycles. The molecular weight excluding hydrogens is 242 g/mol. The second kappa shape index (κ2) is 5.68. The maximum absolute atomic E-state index is 11.8. The summed E-state index contributed by atoms with van der Waals surface area (Å²) in [7, 11) is 0. The Morgan fingerprint density at radius 1 is 1.42 bits per heavy atom. The largest absolute Gasteiger partial charge is 0.384 e. The van der Waals surface area contributed by atoms with Crippen LogP contribution in [0.4, 0.5) is 0 Å². The second-order valence-electron chi connectivity index (χ2n) is 4.58. The van der Waals surface area contributed by atoms with E-state index in [0.717, 1.165) is 11.1 Å². The highest BCUT2D eigenvalue weighted by molar-refractivity contribution is 6.03. The summed E-state index contributed by atoms with van der Waals surface area (Å²) in [6.07, 6.45) is 0.294. The van der Waals surface area contributed by atoms with E-state index in [9.17, 15) is 9.59 Å². The minimum absolute atomic E-state index is 0.114.